The van der Waals surface area contributed by atoms with Gasteiger partial charge in [-0.15, -0.1) is 0 Å². The molecule has 8 heteroatoms. The zero-order valence-corrected chi connectivity index (χ0v) is 21.1. The van der Waals surface area contributed by atoms with Crippen molar-refractivity contribution in [2.45, 2.75) is 51.9 Å². The van der Waals surface area contributed by atoms with E-state index in [0.29, 0.717) is 19.6 Å². The van der Waals surface area contributed by atoms with E-state index in [4.69, 9.17) is 4.74 Å². The lowest BCUT2D eigenvalue weighted by Gasteiger charge is -2.39. The van der Waals surface area contributed by atoms with Gasteiger partial charge in [-0.2, -0.15) is 0 Å². The molecule has 0 bridgehead atoms. The number of carbonyl (C=O) groups excluding carboxylic acids is 3. The Balaban J connectivity index is 1.20. The van der Waals surface area contributed by atoms with Crippen molar-refractivity contribution in [3.63, 3.8) is 0 Å². The molecule has 0 saturated carbocycles. The van der Waals surface area contributed by atoms with Crippen molar-refractivity contribution in [1.82, 2.24) is 19.7 Å². The molecule has 2 aliphatic heterocycles. The molecule has 0 radical (unpaired) electrons. The maximum absolute atomic E-state index is 13.2. The monoisotopic (exact) mass is 482 g/mol. The van der Waals surface area contributed by atoms with Crippen LogP contribution >= 0.6 is 0 Å². The number of carbonyl (C=O) groups is 3. The number of amides is 3. The fourth-order valence-corrected chi connectivity index (χ4v) is 5.47. The second-order valence-electron chi connectivity index (χ2n) is 9.96. The smallest absolute Gasteiger partial charge is 0.317 e. The summed E-state index contributed by atoms with van der Waals surface area (Å²) in [5.74, 6) is -0.0576. The number of fused-ring (bicyclic) bond motifs is 1. The van der Waals surface area contributed by atoms with E-state index in [-0.39, 0.29) is 23.3 Å². The first-order valence-electron chi connectivity index (χ1n) is 12.9. The molecule has 4 rings (SSSR count). The van der Waals surface area contributed by atoms with Crippen molar-refractivity contribution in [2.75, 3.05) is 39.3 Å². The lowest BCUT2D eigenvalue weighted by molar-refractivity contribution is -0.143. The predicted molar refractivity (Wildman–Crippen MR) is 135 cm³/mol. The molecule has 2 aliphatic rings. The molecule has 0 unspecified atom stereocenters. The van der Waals surface area contributed by atoms with Crippen molar-refractivity contribution in [3.05, 3.63) is 36.0 Å². The number of benzene rings is 1. The largest absolute Gasteiger partial charge is 0.466 e. The summed E-state index contributed by atoms with van der Waals surface area (Å²) >= 11 is 0. The highest BCUT2D eigenvalue weighted by molar-refractivity contribution is 5.98. The fraction of sp³-hybridized carbons (Fsp3) is 0.593. The molecule has 0 atom stereocenters. The Kier molecular flexibility index (Phi) is 7.98. The van der Waals surface area contributed by atoms with Gasteiger partial charge in [0.25, 0.3) is 5.91 Å². The average Bonchev–Trinajstić information content (AvgIpc) is 3.43. The van der Waals surface area contributed by atoms with E-state index in [9.17, 15) is 14.4 Å². The number of unbranched alkanes of at least 4 members (excludes halogenated alkanes) is 2. The lowest BCUT2D eigenvalue weighted by Crippen LogP contribution is -2.46. The van der Waals surface area contributed by atoms with E-state index >= 15 is 0 Å². The molecule has 190 valence electrons. The van der Waals surface area contributed by atoms with Crippen LogP contribution in [0.15, 0.2) is 30.3 Å². The molecule has 3 amide bonds. The first-order chi connectivity index (χ1) is 16.9. The van der Waals surface area contributed by atoms with Crippen LogP contribution in [0, 0.1) is 5.41 Å². The number of urea groups is 1. The molecule has 0 aliphatic carbocycles. The maximum Gasteiger partial charge on any atom is 0.317 e. The highest BCUT2D eigenvalue weighted by Gasteiger charge is 2.43. The molecule has 2 fully saturated rings. The number of likely N-dealkylation sites (tertiary alicyclic amines) is 2. The second-order valence-corrected chi connectivity index (χ2v) is 9.96. The van der Waals surface area contributed by atoms with Gasteiger partial charge in [-0.25, -0.2) is 4.79 Å². The normalized spacial score (nSPS) is 17.2. The quantitative estimate of drug-likeness (QED) is 0.456. The first kappa shape index (κ1) is 25.1. The summed E-state index contributed by atoms with van der Waals surface area (Å²) in [6, 6.07) is 10.1. The first-order valence-corrected chi connectivity index (χ1v) is 12.9. The SMILES string of the molecule is CCOC(=O)CCCCCNC(=O)N1CCC2(CCN(C(=O)c3cc4ccccc4n3C)CC2)C1. The van der Waals surface area contributed by atoms with Crippen molar-refractivity contribution in [3.8, 4) is 0 Å². The highest BCUT2D eigenvalue weighted by atomic mass is 16.5. The Hall–Kier alpha value is -3.03. The average molecular weight is 483 g/mol. The lowest BCUT2D eigenvalue weighted by atomic mass is 9.77. The third-order valence-electron chi connectivity index (χ3n) is 7.65. The van der Waals surface area contributed by atoms with Gasteiger partial charge in [-0.05, 0) is 56.6 Å². The molecule has 1 N–H and O–H groups in total. The van der Waals surface area contributed by atoms with Crippen LogP contribution in [0.1, 0.15) is 62.4 Å². The van der Waals surface area contributed by atoms with E-state index in [1.54, 1.807) is 0 Å². The zero-order chi connectivity index (χ0) is 24.8. The Bertz CT molecular complexity index is 1050. The Morgan fingerprint density at radius 3 is 2.43 bits per heavy atom. The number of para-hydroxylation sites is 1. The van der Waals surface area contributed by atoms with E-state index in [2.05, 4.69) is 5.32 Å². The van der Waals surface area contributed by atoms with Crippen LogP contribution in [0.2, 0.25) is 0 Å². The number of rotatable bonds is 8. The van der Waals surface area contributed by atoms with E-state index in [0.717, 1.165) is 81.3 Å². The Morgan fingerprint density at radius 1 is 1.00 bits per heavy atom. The van der Waals surface area contributed by atoms with Crippen molar-refractivity contribution in [1.29, 1.82) is 0 Å². The number of hydrogen-bond donors (Lipinski definition) is 1. The molecule has 1 aromatic carbocycles. The van der Waals surface area contributed by atoms with Crippen molar-refractivity contribution in [2.24, 2.45) is 12.5 Å². The van der Waals surface area contributed by atoms with Gasteiger partial charge in [0.15, 0.2) is 0 Å². The third-order valence-corrected chi connectivity index (χ3v) is 7.65. The highest BCUT2D eigenvalue weighted by Crippen LogP contribution is 2.40. The zero-order valence-electron chi connectivity index (χ0n) is 21.1. The summed E-state index contributed by atoms with van der Waals surface area (Å²) in [4.78, 5) is 41.2. The number of ether oxygens (including phenoxy) is 1. The summed E-state index contributed by atoms with van der Waals surface area (Å²) in [5.41, 5.74) is 1.92. The van der Waals surface area contributed by atoms with Crippen LogP contribution in [-0.2, 0) is 16.6 Å². The minimum Gasteiger partial charge on any atom is -0.466 e. The molecule has 1 spiro atoms. The van der Waals surface area contributed by atoms with Crippen LogP contribution in [0.4, 0.5) is 4.79 Å². The predicted octanol–water partition coefficient (Wildman–Crippen LogP) is 3.94. The van der Waals surface area contributed by atoms with E-state index < -0.39 is 0 Å². The van der Waals surface area contributed by atoms with Gasteiger partial charge in [0.05, 0.1) is 6.61 Å². The Labute approximate surface area is 207 Å². The third kappa shape index (κ3) is 5.80. The van der Waals surface area contributed by atoms with Crippen LogP contribution in [0.3, 0.4) is 0 Å². The number of nitrogens with zero attached hydrogens (tertiary/aromatic N) is 3. The molecule has 2 aromatic rings. The summed E-state index contributed by atoms with van der Waals surface area (Å²) in [6.45, 7) is 5.85. The van der Waals surface area contributed by atoms with Gasteiger partial charge >= 0.3 is 12.0 Å². The van der Waals surface area contributed by atoms with Crippen LogP contribution in [0.5, 0.6) is 0 Å². The van der Waals surface area contributed by atoms with Crippen molar-refractivity contribution < 1.29 is 19.1 Å². The fourth-order valence-electron chi connectivity index (χ4n) is 5.47. The van der Waals surface area contributed by atoms with Crippen LogP contribution in [0.25, 0.3) is 10.9 Å². The summed E-state index contributed by atoms with van der Waals surface area (Å²) in [5, 5.41) is 4.12. The minimum atomic E-state index is -0.149. The number of nitrogens with one attached hydrogen (secondary N) is 1. The number of piperidine rings is 1. The standard InChI is InChI=1S/C27H38N4O4/c1-3-35-24(32)11-5-4-8-15-28-26(34)31-18-14-27(20-31)12-16-30(17-13-27)25(33)23-19-21-9-6-7-10-22(21)29(23)2/h6-7,9-10,19H,3-5,8,11-18,20H2,1-2H3,(H,28,34). The molecular formula is C27H38N4O4. The van der Waals surface area contributed by atoms with Gasteiger partial charge < -0.3 is 24.4 Å². The van der Waals surface area contributed by atoms with Gasteiger partial charge in [0.2, 0.25) is 0 Å². The summed E-state index contributed by atoms with van der Waals surface area (Å²) < 4.78 is 6.92. The summed E-state index contributed by atoms with van der Waals surface area (Å²) in [6.07, 6.45) is 5.83. The van der Waals surface area contributed by atoms with Crippen LogP contribution in [-0.4, -0.2) is 71.6 Å². The second kappa shape index (κ2) is 11.1. The minimum absolute atomic E-state index is 0.00118. The number of esters is 1. The van der Waals surface area contributed by atoms with Crippen molar-refractivity contribution >= 4 is 28.8 Å². The van der Waals surface area contributed by atoms with E-state index in [1.165, 1.54) is 0 Å². The molecule has 3 heterocycles. The van der Waals surface area contributed by atoms with Gasteiger partial charge in [-0.1, -0.05) is 24.6 Å². The van der Waals surface area contributed by atoms with Gasteiger partial charge in [0, 0.05) is 57.1 Å². The maximum atomic E-state index is 13.2. The van der Waals surface area contributed by atoms with Crippen LogP contribution < -0.4 is 5.32 Å². The summed E-state index contributed by atoms with van der Waals surface area (Å²) in [7, 11) is 1.95. The van der Waals surface area contributed by atoms with Gasteiger partial charge in [0.1, 0.15) is 5.69 Å². The number of aromatic nitrogens is 1. The molecule has 35 heavy (non-hydrogen) atoms. The molecule has 2 saturated heterocycles. The topological polar surface area (TPSA) is 83.9 Å². The molecule has 1 aromatic heterocycles. The number of hydrogen-bond acceptors (Lipinski definition) is 4. The number of aryl methyl sites for hydroxylation is 1. The van der Waals surface area contributed by atoms with Gasteiger partial charge in [-0.3, -0.25) is 9.59 Å². The molecule has 8 nitrogen and oxygen atoms in total. The molecular weight excluding hydrogens is 444 g/mol. The Morgan fingerprint density at radius 2 is 1.71 bits per heavy atom. The van der Waals surface area contributed by atoms with E-state index in [1.807, 2.05) is 58.7 Å².